The number of primary amides is 3. The number of nitrogens with zero attached hydrogens (tertiary/aromatic N) is 10. The number of rotatable bonds is 14. The van der Waals surface area contributed by atoms with E-state index >= 15 is 0 Å². The number of benzene rings is 3. The summed E-state index contributed by atoms with van der Waals surface area (Å²) < 4.78 is 92.5. The Morgan fingerprint density at radius 1 is 0.505 bits per heavy atom. The highest BCUT2D eigenvalue weighted by Gasteiger charge is 2.57. The lowest BCUT2D eigenvalue weighted by molar-refractivity contribution is -0.275. The van der Waals surface area contributed by atoms with Crippen molar-refractivity contribution in [2.75, 3.05) is 56.5 Å². The van der Waals surface area contributed by atoms with Gasteiger partial charge in [0.2, 0.25) is 5.91 Å². The first kappa shape index (κ1) is 66.9. The van der Waals surface area contributed by atoms with Crippen molar-refractivity contribution in [3.05, 3.63) is 127 Å². The number of nitrogens with two attached hydrogens (primary N) is 6. The van der Waals surface area contributed by atoms with E-state index in [4.69, 9.17) is 39.1 Å². The topological polar surface area (TPSA) is 362 Å². The van der Waals surface area contributed by atoms with E-state index in [2.05, 4.69) is 60.0 Å². The van der Waals surface area contributed by atoms with Gasteiger partial charge in [-0.3, -0.25) is 33.8 Å². The summed E-state index contributed by atoms with van der Waals surface area (Å²) in [4.78, 5) is 81.3. The number of pyridine rings is 1. The van der Waals surface area contributed by atoms with Crippen molar-refractivity contribution in [3.63, 3.8) is 0 Å². The maximum absolute atomic E-state index is 12.4. The maximum Gasteiger partial charge on any atom is 0.573 e. The van der Waals surface area contributed by atoms with Gasteiger partial charge in [-0.05, 0) is 143 Å². The molecule has 7 aromatic rings. The fourth-order valence-corrected chi connectivity index (χ4v) is 13.7. The number of aromatic nitrogens is 7. The lowest BCUT2D eigenvalue weighted by Gasteiger charge is -2.58. The van der Waals surface area contributed by atoms with E-state index in [1.54, 1.807) is 56.2 Å². The molecule has 25 nitrogen and oxygen atoms in total. The van der Waals surface area contributed by atoms with Crippen LogP contribution < -0.4 is 48.6 Å². The van der Waals surface area contributed by atoms with Crippen LogP contribution in [0.25, 0.3) is 33.9 Å². The first-order valence-corrected chi connectivity index (χ1v) is 30.2. The van der Waals surface area contributed by atoms with Gasteiger partial charge >= 0.3 is 12.7 Å². The molecule has 7 heterocycles. The Morgan fingerprint density at radius 3 is 1.19 bits per heavy atom. The summed E-state index contributed by atoms with van der Waals surface area (Å²) in [6.45, 7) is 10.6. The van der Waals surface area contributed by atoms with Crippen LogP contribution >= 0.6 is 0 Å². The number of hydrogen-bond donors (Lipinski definition) is 6. The molecule has 3 aliphatic carbocycles. The number of ether oxygens (including phenoxy) is 3. The van der Waals surface area contributed by atoms with Crippen LogP contribution in [-0.4, -0.2) is 136 Å². The molecule has 13 rings (SSSR count). The molecule has 0 atom stereocenters. The fourth-order valence-electron chi connectivity index (χ4n) is 13.7. The summed E-state index contributed by atoms with van der Waals surface area (Å²) in [5.74, 6) is 8.57. The molecule has 12 N–H and O–H groups in total. The number of alkyl halides is 6. The molecule has 3 spiro atoms. The quantitative estimate of drug-likeness (QED) is 0.0351. The molecule has 0 unspecified atom stereocenters. The van der Waals surface area contributed by atoms with E-state index in [0.29, 0.717) is 73.3 Å². The highest BCUT2D eigenvalue weighted by molar-refractivity contribution is 6.05. The summed E-state index contributed by atoms with van der Waals surface area (Å²) in [6.07, 6.45) is -2.22. The van der Waals surface area contributed by atoms with Crippen LogP contribution in [0.3, 0.4) is 0 Å². The van der Waals surface area contributed by atoms with Crippen molar-refractivity contribution in [2.45, 2.75) is 83.2 Å². The monoisotopic (exact) mass is 1340 g/mol. The zero-order valence-corrected chi connectivity index (χ0v) is 52.1. The zero-order chi connectivity index (χ0) is 69.7. The molecule has 504 valence electrons. The Morgan fingerprint density at radius 2 is 0.856 bits per heavy atom. The van der Waals surface area contributed by atoms with Crippen LogP contribution in [-0.2, 0) is 14.4 Å². The van der Waals surface area contributed by atoms with Crippen LogP contribution in [0.4, 0.5) is 43.8 Å². The second kappa shape index (κ2) is 25.7. The first-order chi connectivity index (χ1) is 45.9. The van der Waals surface area contributed by atoms with Gasteiger partial charge in [-0.25, -0.2) is 14.0 Å². The van der Waals surface area contributed by atoms with Crippen LogP contribution in [0.5, 0.6) is 23.0 Å². The number of carbonyl (C=O) groups excluding carboxylic acids is 6. The van der Waals surface area contributed by atoms with E-state index < -0.39 is 41.9 Å². The molecular formula is C66H64F6N16O9. The predicted octanol–water partition coefficient (Wildman–Crippen LogP) is 7.40. The van der Waals surface area contributed by atoms with Crippen molar-refractivity contribution in [3.8, 4) is 80.6 Å². The lowest BCUT2D eigenvalue weighted by Crippen LogP contribution is -2.63. The third-order valence-electron chi connectivity index (χ3n) is 18.0. The largest absolute Gasteiger partial charge is 0.573 e. The number of anilines is 3. The fraction of sp³-hybridized carbons (Fsp3) is 0.333. The number of halogens is 6. The summed E-state index contributed by atoms with van der Waals surface area (Å²) in [7, 11) is 0. The molecule has 6 fully saturated rings. The van der Waals surface area contributed by atoms with E-state index in [9.17, 15) is 55.1 Å². The SMILES string of the molecule is C=CC(=O)N1CC2(CC(n3nc(-c4ccc(OC(F)(F)F)cc4)c(C(N)=O)c3N)C2)C1.CC#CC(=O)N1CC2(CC(n3nc(-c4ccc(OC(F)(F)F)cc4)c(C(N)=O)c3N)C2)C1.CC#CC(=O)N1CC2(CC(n3nc(-c4ccc(Oc5ccccc5)cn4)c(C(N)=O)c3N)C2)C1. The van der Waals surface area contributed by atoms with Crippen LogP contribution in [0.2, 0.25) is 0 Å². The molecule has 4 aromatic heterocycles. The van der Waals surface area contributed by atoms with Gasteiger partial charge in [-0.2, -0.15) is 15.3 Å². The Labute approximate surface area is 549 Å². The number of para-hydroxylation sites is 1. The van der Waals surface area contributed by atoms with Crippen LogP contribution in [0, 0.1) is 39.9 Å². The van der Waals surface area contributed by atoms with Gasteiger partial charge in [0.25, 0.3) is 29.5 Å². The van der Waals surface area contributed by atoms with E-state index in [-0.39, 0.29) is 97.6 Å². The number of hydrogen-bond acceptors (Lipinski definition) is 16. The Kier molecular flexibility index (Phi) is 17.7. The Balaban J connectivity index is 0.000000148. The standard InChI is InChI=1S/C25H24N6O3.C21H20F3N5O3.C20H20F3N5O3/c1-2-6-20(32)30-14-25(15-30)11-16(12-25)31-23(26)21(24(27)33)22(29-31)19-10-9-18(13-28-19)34-17-7-4-3-5-8-17;1-2-3-15(30)28-10-20(11-28)8-13(9-20)29-18(25)16(19(26)31)17(27-29)12-4-6-14(7-5-12)32-21(22,23)24;1-2-14(29)27-9-19(10-27)7-12(8-19)28-17(24)15(18(25)30)16(26-28)11-3-5-13(6-4-11)31-20(21,22)23/h3-5,7-10,13,16H,11-12,14-15,26H2,1H3,(H2,27,33);4-7,13H,8-11,25H2,1H3,(H2,26,31);2-6,12H,1,7-10,24H2,(H2,25,30). The van der Waals surface area contributed by atoms with Gasteiger partial charge < -0.3 is 63.3 Å². The molecular weight excluding hydrogens is 1270 g/mol. The highest BCUT2D eigenvalue weighted by Crippen LogP contribution is 2.57. The molecule has 3 saturated heterocycles. The van der Waals surface area contributed by atoms with E-state index in [1.165, 1.54) is 35.0 Å². The third kappa shape index (κ3) is 13.8. The van der Waals surface area contributed by atoms with E-state index in [1.807, 2.05) is 30.3 Å². The highest BCUT2D eigenvalue weighted by atomic mass is 19.4. The second-order valence-electron chi connectivity index (χ2n) is 24.8. The maximum atomic E-state index is 12.4. The minimum atomic E-state index is -4.81. The predicted molar refractivity (Wildman–Crippen MR) is 338 cm³/mol. The summed E-state index contributed by atoms with van der Waals surface area (Å²) in [6, 6.07) is 22.7. The Hall–Kier alpha value is -11.5. The average Bonchev–Trinajstić information content (AvgIpc) is 1.63. The molecule has 3 saturated carbocycles. The van der Waals surface area contributed by atoms with Gasteiger partial charge in [0, 0.05) is 66.6 Å². The van der Waals surface area contributed by atoms with Gasteiger partial charge in [-0.15, -0.1) is 26.3 Å². The van der Waals surface area contributed by atoms with Gasteiger partial charge in [0.15, 0.2) is 0 Å². The van der Waals surface area contributed by atoms with Crippen molar-refractivity contribution >= 4 is 52.9 Å². The molecule has 6 amide bonds. The molecule has 31 heteroatoms. The normalized spacial score (nSPS) is 17.0. The van der Waals surface area contributed by atoms with Crippen LogP contribution in [0.1, 0.15) is 102 Å². The smallest absolute Gasteiger partial charge is 0.456 e. The number of carbonyl (C=O) groups is 6. The van der Waals surface area contributed by atoms with E-state index in [0.717, 1.165) is 62.8 Å². The minimum absolute atomic E-state index is 0.00532. The Bertz CT molecular complexity index is 4370. The third-order valence-corrected chi connectivity index (χ3v) is 18.0. The molecule has 6 aliphatic rings. The minimum Gasteiger partial charge on any atom is -0.456 e. The van der Waals surface area contributed by atoms with Crippen molar-refractivity contribution in [2.24, 2.45) is 33.4 Å². The number of nitrogen functional groups attached to an aromatic ring is 3. The lowest BCUT2D eigenvalue weighted by atomic mass is 9.60. The number of likely N-dealkylation sites (tertiary alicyclic amines) is 3. The van der Waals surface area contributed by atoms with Gasteiger partial charge in [0.1, 0.15) is 74.2 Å². The number of amides is 6. The summed E-state index contributed by atoms with van der Waals surface area (Å²) in [5.41, 5.74) is 37.5. The van der Waals surface area contributed by atoms with Crippen molar-refractivity contribution in [1.82, 2.24) is 49.0 Å². The molecule has 97 heavy (non-hydrogen) atoms. The summed E-state index contributed by atoms with van der Waals surface area (Å²) >= 11 is 0. The molecule has 3 aromatic carbocycles. The molecule has 3 aliphatic heterocycles. The molecule has 0 bridgehead atoms. The average molecular weight is 1340 g/mol. The first-order valence-electron chi connectivity index (χ1n) is 30.2. The summed E-state index contributed by atoms with van der Waals surface area (Å²) in [5, 5.41) is 13.5. The van der Waals surface area contributed by atoms with Crippen molar-refractivity contribution < 1.29 is 69.3 Å². The van der Waals surface area contributed by atoms with Crippen LogP contribution in [0.15, 0.2) is 110 Å². The zero-order valence-electron chi connectivity index (χ0n) is 52.1. The second-order valence-corrected chi connectivity index (χ2v) is 24.8. The molecule has 0 radical (unpaired) electrons. The van der Waals surface area contributed by atoms with Crippen molar-refractivity contribution in [1.29, 1.82) is 0 Å². The van der Waals surface area contributed by atoms with Gasteiger partial charge in [-0.1, -0.05) is 36.6 Å². The van der Waals surface area contributed by atoms with Gasteiger partial charge in [0.05, 0.1) is 30.0 Å².